The molecular formula is C9H20N2. The van der Waals surface area contributed by atoms with Crippen molar-refractivity contribution in [3.8, 4) is 0 Å². The summed E-state index contributed by atoms with van der Waals surface area (Å²) in [7, 11) is 2.21. The predicted octanol–water partition coefficient (Wildman–Crippen LogP) is 1.38. The Balaban J connectivity index is 2.57. The maximum atomic E-state index is 2.55. The number of hydrogen-bond donors (Lipinski definition) is 0. The number of rotatable bonds is 2. The van der Waals surface area contributed by atoms with Gasteiger partial charge in [-0.3, -0.25) is 9.80 Å². The maximum absolute atomic E-state index is 2.55. The summed E-state index contributed by atoms with van der Waals surface area (Å²) in [6, 6.07) is 1.52. The Labute approximate surface area is 70.2 Å². The second-order valence-electron chi connectivity index (χ2n) is 3.52. The van der Waals surface area contributed by atoms with Gasteiger partial charge in [0.05, 0.1) is 6.67 Å². The smallest absolute Gasteiger partial charge is 0.0509 e. The van der Waals surface area contributed by atoms with Crippen LogP contribution in [0.25, 0.3) is 0 Å². The van der Waals surface area contributed by atoms with Crippen LogP contribution in [0, 0.1) is 0 Å². The van der Waals surface area contributed by atoms with Gasteiger partial charge in [-0.1, -0.05) is 13.8 Å². The Hall–Kier alpha value is -0.0800. The molecular weight excluding hydrogens is 136 g/mol. The molecule has 1 heterocycles. The molecule has 2 unspecified atom stereocenters. The highest BCUT2D eigenvalue weighted by Crippen LogP contribution is 2.20. The van der Waals surface area contributed by atoms with Gasteiger partial charge in [0.25, 0.3) is 0 Å². The van der Waals surface area contributed by atoms with E-state index in [2.05, 4.69) is 37.6 Å². The minimum Gasteiger partial charge on any atom is -0.289 e. The van der Waals surface area contributed by atoms with E-state index in [0.29, 0.717) is 0 Å². The minimum absolute atomic E-state index is 0.736. The van der Waals surface area contributed by atoms with Crippen molar-refractivity contribution in [2.45, 2.75) is 39.3 Å². The van der Waals surface area contributed by atoms with E-state index in [0.717, 1.165) is 18.8 Å². The number of likely N-dealkylation sites (N-methyl/N-ethyl adjacent to an activating group) is 2. The summed E-state index contributed by atoms with van der Waals surface area (Å²) in [5.41, 5.74) is 0. The molecule has 2 atom stereocenters. The van der Waals surface area contributed by atoms with E-state index in [1.54, 1.807) is 0 Å². The average Bonchev–Trinajstić information content (AvgIpc) is 2.28. The molecule has 0 amide bonds. The molecule has 0 aliphatic carbocycles. The molecule has 1 aliphatic rings. The summed E-state index contributed by atoms with van der Waals surface area (Å²) in [6.07, 6.45) is 1.28. The summed E-state index contributed by atoms with van der Waals surface area (Å²) >= 11 is 0. The largest absolute Gasteiger partial charge is 0.289 e. The predicted molar refractivity (Wildman–Crippen MR) is 48.6 cm³/mol. The zero-order valence-corrected chi connectivity index (χ0v) is 8.17. The van der Waals surface area contributed by atoms with Gasteiger partial charge in [-0.05, 0) is 26.9 Å². The quantitative estimate of drug-likeness (QED) is 0.596. The van der Waals surface area contributed by atoms with Gasteiger partial charge in [-0.25, -0.2) is 0 Å². The first-order valence-electron chi connectivity index (χ1n) is 4.65. The average molecular weight is 156 g/mol. The van der Waals surface area contributed by atoms with Gasteiger partial charge in [0, 0.05) is 12.1 Å². The summed E-state index contributed by atoms with van der Waals surface area (Å²) in [5.74, 6) is 0. The zero-order valence-electron chi connectivity index (χ0n) is 8.17. The highest BCUT2D eigenvalue weighted by atomic mass is 15.4. The first-order chi connectivity index (χ1) is 5.20. The first-order valence-corrected chi connectivity index (χ1v) is 4.65. The van der Waals surface area contributed by atoms with Crippen molar-refractivity contribution in [2.75, 3.05) is 20.3 Å². The highest BCUT2D eigenvalue weighted by Gasteiger charge is 2.32. The lowest BCUT2D eigenvalue weighted by Gasteiger charge is -2.22. The first kappa shape index (κ1) is 9.01. The third-order valence-corrected chi connectivity index (χ3v) is 2.95. The van der Waals surface area contributed by atoms with Crippen LogP contribution in [0.15, 0.2) is 0 Å². The van der Waals surface area contributed by atoms with Gasteiger partial charge < -0.3 is 0 Å². The molecule has 1 fully saturated rings. The molecule has 1 saturated heterocycles. The Morgan fingerprint density at radius 2 is 2.00 bits per heavy atom. The van der Waals surface area contributed by atoms with Gasteiger partial charge >= 0.3 is 0 Å². The molecule has 11 heavy (non-hydrogen) atoms. The number of hydrogen-bond acceptors (Lipinski definition) is 2. The Kier molecular flexibility index (Phi) is 2.90. The fourth-order valence-corrected chi connectivity index (χ4v) is 2.05. The summed E-state index contributed by atoms with van der Waals surface area (Å²) < 4.78 is 0. The Morgan fingerprint density at radius 1 is 1.36 bits per heavy atom. The van der Waals surface area contributed by atoms with Gasteiger partial charge in [0.15, 0.2) is 0 Å². The van der Waals surface area contributed by atoms with E-state index in [1.165, 1.54) is 13.0 Å². The standard InChI is InChI=1S/C9H20N2/c1-5-9-8(3)10(4)7-11(9)6-2/h8-9H,5-7H2,1-4H3. The molecule has 0 radical (unpaired) electrons. The Bertz CT molecular complexity index is 125. The van der Waals surface area contributed by atoms with Crippen molar-refractivity contribution in [1.29, 1.82) is 0 Å². The molecule has 1 aliphatic heterocycles. The van der Waals surface area contributed by atoms with Crippen LogP contribution in [0.5, 0.6) is 0 Å². The maximum Gasteiger partial charge on any atom is 0.0509 e. The third kappa shape index (κ3) is 1.57. The van der Waals surface area contributed by atoms with Gasteiger partial charge in [0.1, 0.15) is 0 Å². The molecule has 0 saturated carbocycles. The zero-order chi connectivity index (χ0) is 8.43. The van der Waals surface area contributed by atoms with E-state index in [4.69, 9.17) is 0 Å². The van der Waals surface area contributed by atoms with Crippen molar-refractivity contribution >= 4 is 0 Å². The van der Waals surface area contributed by atoms with Crippen LogP contribution in [0.1, 0.15) is 27.2 Å². The topological polar surface area (TPSA) is 6.48 Å². The monoisotopic (exact) mass is 156 g/mol. The lowest BCUT2D eigenvalue weighted by atomic mass is 10.1. The molecule has 0 spiro atoms. The summed E-state index contributed by atoms with van der Waals surface area (Å²) in [6.45, 7) is 9.19. The molecule has 0 aromatic rings. The van der Waals surface area contributed by atoms with Crippen LogP contribution in [0.4, 0.5) is 0 Å². The van der Waals surface area contributed by atoms with Crippen LogP contribution in [-0.4, -0.2) is 42.1 Å². The van der Waals surface area contributed by atoms with Crippen LogP contribution in [0.3, 0.4) is 0 Å². The fourth-order valence-electron chi connectivity index (χ4n) is 2.05. The SMILES string of the molecule is CCC1C(C)N(C)CN1CC. The summed E-state index contributed by atoms with van der Waals surface area (Å²) in [5, 5.41) is 0. The molecule has 0 aromatic carbocycles. The number of nitrogens with zero attached hydrogens (tertiary/aromatic N) is 2. The minimum atomic E-state index is 0.736. The van der Waals surface area contributed by atoms with Crippen LogP contribution >= 0.6 is 0 Å². The van der Waals surface area contributed by atoms with Crippen molar-refractivity contribution in [2.24, 2.45) is 0 Å². The van der Waals surface area contributed by atoms with Gasteiger partial charge in [-0.2, -0.15) is 0 Å². The van der Waals surface area contributed by atoms with Crippen LogP contribution in [-0.2, 0) is 0 Å². The van der Waals surface area contributed by atoms with Crippen molar-refractivity contribution < 1.29 is 0 Å². The Morgan fingerprint density at radius 3 is 2.36 bits per heavy atom. The summed E-state index contributed by atoms with van der Waals surface area (Å²) in [4.78, 5) is 4.97. The van der Waals surface area contributed by atoms with E-state index < -0.39 is 0 Å². The van der Waals surface area contributed by atoms with E-state index in [-0.39, 0.29) is 0 Å². The lowest BCUT2D eigenvalue weighted by Crippen LogP contribution is -2.33. The molecule has 0 N–H and O–H groups in total. The van der Waals surface area contributed by atoms with E-state index in [1.807, 2.05) is 0 Å². The molecule has 0 aromatic heterocycles. The molecule has 1 rings (SSSR count). The second kappa shape index (κ2) is 3.55. The normalized spacial score (nSPS) is 34.9. The lowest BCUT2D eigenvalue weighted by molar-refractivity contribution is 0.243. The fraction of sp³-hybridized carbons (Fsp3) is 1.00. The molecule has 2 nitrogen and oxygen atoms in total. The van der Waals surface area contributed by atoms with Crippen molar-refractivity contribution in [1.82, 2.24) is 9.80 Å². The molecule has 0 bridgehead atoms. The highest BCUT2D eigenvalue weighted by molar-refractivity contribution is 4.86. The van der Waals surface area contributed by atoms with E-state index in [9.17, 15) is 0 Å². The second-order valence-corrected chi connectivity index (χ2v) is 3.52. The molecule has 66 valence electrons. The molecule has 2 heteroatoms. The van der Waals surface area contributed by atoms with Crippen LogP contribution < -0.4 is 0 Å². The van der Waals surface area contributed by atoms with Crippen molar-refractivity contribution in [3.05, 3.63) is 0 Å². The van der Waals surface area contributed by atoms with Crippen LogP contribution in [0.2, 0.25) is 0 Å². The van der Waals surface area contributed by atoms with Crippen molar-refractivity contribution in [3.63, 3.8) is 0 Å². The van der Waals surface area contributed by atoms with Gasteiger partial charge in [-0.15, -0.1) is 0 Å². The van der Waals surface area contributed by atoms with Gasteiger partial charge in [0.2, 0.25) is 0 Å². The third-order valence-electron chi connectivity index (χ3n) is 2.95. The van der Waals surface area contributed by atoms with E-state index >= 15 is 0 Å².